The molecular formula is C15H14FNO2. The van der Waals surface area contributed by atoms with E-state index in [0.29, 0.717) is 23.3 Å². The minimum Gasteiger partial charge on any atom is -0.493 e. The van der Waals surface area contributed by atoms with Gasteiger partial charge < -0.3 is 9.47 Å². The third-order valence-electron chi connectivity index (χ3n) is 3.15. The molecule has 19 heavy (non-hydrogen) atoms. The summed E-state index contributed by atoms with van der Waals surface area (Å²) in [5, 5.41) is 0. The van der Waals surface area contributed by atoms with Crippen molar-refractivity contribution in [1.29, 1.82) is 0 Å². The van der Waals surface area contributed by atoms with Crippen molar-refractivity contribution in [3.63, 3.8) is 0 Å². The van der Waals surface area contributed by atoms with Crippen molar-refractivity contribution in [1.82, 2.24) is 4.98 Å². The third kappa shape index (κ3) is 2.67. The van der Waals surface area contributed by atoms with Crippen LogP contribution in [-0.4, -0.2) is 12.1 Å². The molecule has 0 atom stereocenters. The number of halogens is 1. The summed E-state index contributed by atoms with van der Waals surface area (Å²) < 4.78 is 23.8. The fourth-order valence-corrected chi connectivity index (χ4v) is 1.95. The Balaban J connectivity index is 1.80. The Bertz CT molecular complexity index is 579. The Morgan fingerprint density at radius 3 is 2.63 bits per heavy atom. The van der Waals surface area contributed by atoms with Gasteiger partial charge in [0.25, 0.3) is 0 Å². The molecule has 98 valence electrons. The first-order chi connectivity index (χ1) is 9.26. The van der Waals surface area contributed by atoms with Crippen molar-refractivity contribution in [3.05, 3.63) is 47.9 Å². The average Bonchev–Trinajstić information content (AvgIpc) is 3.26. The van der Waals surface area contributed by atoms with E-state index < -0.39 is 0 Å². The van der Waals surface area contributed by atoms with Crippen LogP contribution < -0.4 is 9.47 Å². The van der Waals surface area contributed by atoms with E-state index in [1.807, 2.05) is 18.3 Å². The number of benzene rings is 1. The van der Waals surface area contributed by atoms with Gasteiger partial charge in [0.1, 0.15) is 5.82 Å². The van der Waals surface area contributed by atoms with Crippen LogP contribution in [0.4, 0.5) is 4.39 Å². The number of nitrogens with zero attached hydrogens (tertiary/aromatic N) is 1. The molecule has 3 nitrogen and oxygen atoms in total. The minimum absolute atomic E-state index is 0.355. The van der Waals surface area contributed by atoms with E-state index in [0.717, 1.165) is 0 Å². The SMILES string of the molecule is COc1cc(F)ccc1Oc1ccc(C2CC2)cn1. The van der Waals surface area contributed by atoms with Gasteiger partial charge in [-0.1, -0.05) is 6.07 Å². The van der Waals surface area contributed by atoms with Crippen LogP contribution in [0.1, 0.15) is 24.3 Å². The number of pyridine rings is 1. The average molecular weight is 259 g/mol. The number of aromatic nitrogens is 1. The molecule has 1 aromatic heterocycles. The van der Waals surface area contributed by atoms with Crippen LogP contribution >= 0.6 is 0 Å². The summed E-state index contributed by atoms with van der Waals surface area (Å²) in [4.78, 5) is 4.26. The fraction of sp³-hybridized carbons (Fsp3) is 0.267. The normalized spacial score (nSPS) is 14.2. The molecule has 1 aromatic carbocycles. The molecule has 1 heterocycles. The van der Waals surface area contributed by atoms with E-state index in [2.05, 4.69) is 4.98 Å². The van der Waals surface area contributed by atoms with Gasteiger partial charge in [-0.05, 0) is 36.5 Å². The standard InChI is InChI=1S/C15H14FNO2/c1-18-14-8-12(16)5-6-13(14)19-15-7-4-11(9-17-15)10-2-3-10/h4-10H,2-3H2,1H3. The molecule has 1 saturated carbocycles. The number of ether oxygens (including phenoxy) is 2. The molecule has 1 fully saturated rings. The fourth-order valence-electron chi connectivity index (χ4n) is 1.95. The summed E-state index contributed by atoms with van der Waals surface area (Å²) in [6.45, 7) is 0. The Hall–Kier alpha value is -2.10. The quantitative estimate of drug-likeness (QED) is 0.834. The van der Waals surface area contributed by atoms with Crippen molar-refractivity contribution >= 4 is 0 Å². The summed E-state index contributed by atoms with van der Waals surface area (Å²) in [7, 11) is 1.48. The number of hydrogen-bond acceptors (Lipinski definition) is 3. The zero-order chi connectivity index (χ0) is 13.2. The first-order valence-corrected chi connectivity index (χ1v) is 6.23. The zero-order valence-corrected chi connectivity index (χ0v) is 10.6. The Kier molecular flexibility index (Phi) is 3.07. The first kappa shape index (κ1) is 12.0. The largest absolute Gasteiger partial charge is 0.493 e. The predicted molar refractivity (Wildman–Crippen MR) is 69.2 cm³/mol. The molecule has 0 amide bonds. The Morgan fingerprint density at radius 1 is 1.16 bits per heavy atom. The molecule has 1 aliphatic rings. The van der Waals surface area contributed by atoms with Crippen molar-refractivity contribution in [2.75, 3.05) is 7.11 Å². The van der Waals surface area contributed by atoms with Crippen molar-refractivity contribution < 1.29 is 13.9 Å². The van der Waals surface area contributed by atoms with Gasteiger partial charge in [0.15, 0.2) is 11.5 Å². The molecule has 2 aromatic rings. The van der Waals surface area contributed by atoms with Gasteiger partial charge in [-0.2, -0.15) is 0 Å². The topological polar surface area (TPSA) is 31.4 Å². The van der Waals surface area contributed by atoms with Gasteiger partial charge in [-0.25, -0.2) is 9.37 Å². The highest BCUT2D eigenvalue weighted by atomic mass is 19.1. The third-order valence-corrected chi connectivity index (χ3v) is 3.15. The maximum absolute atomic E-state index is 13.1. The molecule has 0 radical (unpaired) electrons. The maximum atomic E-state index is 13.1. The Morgan fingerprint density at radius 2 is 2.00 bits per heavy atom. The highest BCUT2D eigenvalue weighted by Crippen LogP contribution is 2.40. The summed E-state index contributed by atoms with van der Waals surface area (Å²) in [6, 6.07) is 8.00. The first-order valence-electron chi connectivity index (χ1n) is 6.23. The van der Waals surface area contributed by atoms with Crippen LogP contribution in [0.5, 0.6) is 17.4 Å². The van der Waals surface area contributed by atoms with Crippen LogP contribution in [-0.2, 0) is 0 Å². The maximum Gasteiger partial charge on any atom is 0.219 e. The summed E-state index contributed by atoms with van der Waals surface area (Å²) in [5.41, 5.74) is 1.25. The van der Waals surface area contributed by atoms with Gasteiger partial charge in [-0.15, -0.1) is 0 Å². The monoisotopic (exact) mass is 259 g/mol. The Labute approximate surface area is 111 Å². The second kappa shape index (κ2) is 4.88. The van der Waals surface area contributed by atoms with E-state index >= 15 is 0 Å². The van der Waals surface area contributed by atoms with E-state index in [1.54, 1.807) is 0 Å². The van der Waals surface area contributed by atoms with Gasteiger partial charge in [0, 0.05) is 18.3 Å². The van der Waals surface area contributed by atoms with Crippen molar-refractivity contribution in [2.24, 2.45) is 0 Å². The van der Waals surface area contributed by atoms with Gasteiger partial charge in [0.05, 0.1) is 7.11 Å². The van der Waals surface area contributed by atoms with Crippen LogP contribution in [0.25, 0.3) is 0 Å². The lowest BCUT2D eigenvalue weighted by molar-refractivity contribution is 0.371. The number of rotatable bonds is 4. The smallest absolute Gasteiger partial charge is 0.219 e. The molecule has 1 aliphatic carbocycles. The molecule has 0 saturated heterocycles. The van der Waals surface area contributed by atoms with E-state index in [1.165, 1.54) is 43.7 Å². The lowest BCUT2D eigenvalue weighted by Gasteiger charge is -2.09. The predicted octanol–water partition coefficient (Wildman–Crippen LogP) is 3.90. The van der Waals surface area contributed by atoms with Crippen LogP contribution in [0.2, 0.25) is 0 Å². The minimum atomic E-state index is -0.360. The highest BCUT2D eigenvalue weighted by molar-refractivity contribution is 5.42. The summed E-state index contributed by atoms with van der Waals surface area (Å²) in [5.74, 6) is 1.60. The van der Waals surface area contributed by atoms with Crippen LogP contribution in [0.15, 0.2) is 36.5 Å². The molecule has 0 bridgehead atoms. The van der Waals surface area contributed by atoms with Gasteiger partial charge in [0.2, 0.25) is 5.88 Å². The van der Waals surface area contributed by atoms with E-state index in [4.69, 9.17) is 9.47 Å². The molecular weight excluding hydrogens is 245 g/mol. The van der Waals surface area contributed by atoms with Gasteiger partial charge >= 0.3 is 0 Å². The molecule has 0 unspecified atom stereocenters. The zero-order valence-electron chi connectivity index (χ0n) is 10.6. The van der Waals surface area contributed by atoms with Crippen molar-refractivity contribution in [3.8, 4) is 17.4 Å². The lowest BCUT2D eigenvalue weighted by Crippen LogP contribution is -1.93. The molecule has 0 spiro atoms. The number of hydrogen-bond donors (Lipinski definition) is 0. The van der Waals surface area contributed by atoms with Crippen LogP contribution in [0.3, 0.4) is 0 Å². The highest BCUT2D eigenvalue weighted by Gasteiger charge is 2.23. The second-order valence-electron chi connectivity index (χ2n) is 4.60. The summed E-state index contributed by atoms with van der Waals surface area (Å²) >= 11 is 0. The molecule has 0 aliphatic heterocycles. The lowest BCUT2D eigenvalue weighted by atomic mass is 10.2. The second-order valence-corrected chi connectivity index (χ2v) is 4.60. The van der Waals surface area contributed by atoms with E-state index in [9.17, 15) is 4.39 Å². The van der Waals surface area contributed by atoms with Crippen LogP contribution in [0, 0.1) is 5.82 Å². The number of methoxy groups -OCH3 is 1. The van der Waals surface area contributed by atoms with Crippen molar-refractivity contribution in [2.45, 2.75) is 18.8 Å². The molecule has 4 heteroatoms. The molecule has 3 rings (SSSR count). The van der Waals surface area contributed by atoms with Gasteiger partial charge in [-0.3, -0.25) is 0 Å². The summed E-state index contributed by atoms with van der Waals surface area (Å²) in [6.07, 6.45) is 4.32. The molecule has 0 N–H and O–H groups in total. The van der Waals surface area contributed by atoms with E-state index in [-0.39, 0.29) is 5.82 Å².